The lowest BCUT2D eigenvalue weighted by molar-refractivity contribution is 0.0596. The Morgan fingerprint density at radius 3 is 2.27 bits per heavy atom. The highest BCUT2D eigenvalue weighted by atomic mass is 79.9. The summed E-state index contributed by atoms with van der Waals surface area (Å²) in [6, 6.07) is 4.45. The number of carbonyl (C=O) groups excluding carboxylic acids is 1. The number of hydrogen-bond donors (Lipinski definition) is 1. The zero-order valence-electron chi connectivity index (χ0n) is 13.7. The van der Waals surface area contributed by atoms with Gasteiger partial charge in [0.05, 0.1) is 17.6 Å². The standard InChI is InChI=1S/C14H22BrNO4SSi/c1-14(2,3)22(5,6)16-21(18,19)12-8-7-10(15)9-11(12)13(17)20-4/h7-9,16H,1-6H3. The minimum atomic E-state index is -3.81. The highest BCUT2D eigenvalue weighted by molar-refractivity contribution is 9.10. The second-order valence-corrected chi connectivity index (χ2v) is 14.5. The summed E-state index contributed by atoms with van der Waals surface area (Å²) in [5.74, 6) is -0.683. The van der Waals surface area contributed by atoms with Crippen LogP contribution in [-0.4, -0.2) is 29.7 Å². The van der Waals surface area contributed by atoms with Gasteiger partial charge in [-0.2, -0.15) is 0 Å². The van der Waals surface area contributed by atoms with Gasteiger partial charge in [-0.25, -0.2) is 17.6 Å². The molecule has 0 aliphatic heterocycles. The molecule has 22 heavy (non-hydrogen) atoms. The molecule has 1 aromatic carbocycles. The summed E-state index contributed by atoms with van der Waals surface area (Å²) in [6.45, 7) is 9.90. The van der Waals surface area contributed by atoms with Crippen molar-refractivity contribution in [1.29, 1.82) is 0 Å². The monoisotopic (exact) mass is 407 g/mol. The predicted octanol–water partition coefficient (Wildman–Crippen LogP) is 3.52. The fourth-order valence-electron chi connectivity index (χ4n) is 1.55. The van der Waals surface area contributed by atoms with Crippen LogP contribution in [0.3, 0.4) is 0 Å². The molecule has 0 amide bonds. The number of sulfonamides is 1. The van der Waals surface area contributed by atoms with Crippen molar-refractivity contribution in [2.45, 2.75) is 43.8 Å². The third-order valence-corrected chi connectivity index (χ3v) is 12.2. The first-order valence-corrected chi connectivity index (χ1v) is 12.0. The molecular weight excluding hydrogens is 386 g/mol. The van der Waals surface area contributed by atoms with E-state index in [9.17, 15) is 13.2 Å². The van der Waals surface area contributed by atoms with Gasteiger partial charge in [0.1, 0.15) is 8.24 Å². The Morgan fingerprint density at radius 2 is 1.82 bits per heavy atom. The second-order valence-electron chi connectivity index (χ2n) is 6.61. The van der Waals surface area contributed by atoms with E-state index >= 15 is 0 Å². The van der Waals surface area contributed by atoms with Crippen molar-refractivity contribution in [2.75, 3.05) is 7.11 Å². The molecule has 8 heteroatoms. The Morgan fingerprint density at radius 1 is 1.27 bits per heavy atom. The molecule has 0 aliphatic rings. The van der Waals surface area contributed by atoms with Gasteiger partial charge >= 0.3 is 5.97 Å². The summed E-state index contributed by atoms with van der Waals surface area (Å²) < 4.78 is 33.6. The van der Waals surface area contributed by atoms with E-state index in [4.69, 9.17) is 0 Å². The summed E-state index contributed by atoms with van der Waals surface area (Å²) in [5, 5.41) is -0.166. The van der Waals surface area contributed by atoms with Gasteiger partial charge in [0.25, 0.3) is 0 Å². The zero-order chi connectivity index (χ0) is 17.3. The quantitative estimate of drug-likeness (QED) is 0.611. The minimum absolute atomic E-state index is 0.0167. The lowest BCUT2D eigenvalue weighted by Gasteiger charge is -2.36. The second kappa shape index (κ2) is 6.43. The van der Waals surface area contributed by atoms with E-state index < -0.39 is 24.2 Å². The Bertz CT molecular complexity index is 681. The van der Waals surface area contributed by atoms with Crippen molar-refractivity contribution in [3.8, 4) is 0 Å². The fourth-order valence-corrected chi connectivity index (χ4v) is 6.94. The maximum absolute atomic E-state index is 12.7. The van der Waals surface area contributed by atoms with E-state index in [1.807, 2.05) is 33.9 Å². The predicted molar refractivity (Wildman–Crippen MR) is 93.0 cm³/mol. The van der Waals surface area contributed by atoms with E-state index in [0.717, 1.165) is 0 Å². The average Bonchev–Trinajstić information content (AvgIpc) is 2.34. The van der Waals surface area contributed by atoms with Crippen molar-refractivity contribution in [3.05, 3.63) is 28.2 Å². The van der Waals surface area contributed by atoms with Gasteiger partial charge in [-0.15, -0.1) is 0 Å². The Labute approximate surface area is 141 Å². The molecule has 0 fully saturated rings. The Balaban J connectivity index is 3.39. The molecule has 0 aliphatic carbocycles. The topological polar surface area (TPSA) is 72.5 Å². The number of rotatable bonds is 4. The van der Waals surface area contributed by atoms with Crippen LogP contribution in [0.4, 0.5) is 0 Å². The van der Waals surface area contributed by atoms with Crippen LogP contribution in [0.5, 0.6) is 0 Å². The zero-order valence-corrected chi connectivity index (χ0v) is 17.1. The molecule has 0 heterocycles. The number of esters is 1. The highest BCUT2D eigenvalue weighted by Crippen LogP contribution is 2.35. The first-order valence-electron chi connectivity index (χ1n) is 6.74. The molecule has 0 saturated heterocycles. The van der Waals surface area contributed by atoms with Crippen molar-refractivity contribution in [1.82, 2.24) is 4.39 Å². The highest BCUT2D eigenvalue weighted by Gasteiger charge is 2.40. The number of methoxy groups -OCH3 is 1. The van der Waals surface area contributed by atoms with E-state index in [1.54, 1.807) is 6.07 Å². The number of nitrogens with one attached hydrogen (secondary N) is 1. The fraction of sp³-hybridized carbons (Fsp3) is 0.500. The van der Waals surface area contributed by atoms with Gasteiger partial charge in [-0.1, -0.05) is 49.8 Å². The number of hydrogen-bond acceptors (Lipinski definition) is 4. The van der Waals surface area contributed by atoms with Gasteiger partial charge in [0.15, 0.2) is 0 Å². The van der Waals surface area contributed by atoms with Crippen LogP contribution < -0.4 is 4.39 Å². The van der Waals surface area contributed by atoms with E-state index in [2.05, 4.69) is 25.1 Å². The van der Waals surface area contributed by atoms with Crippen molar-refractivity contribution in [2.24, 2.45) is 0 Å². The SMILES string of the molecule is COC(=O)c1cc(Br)ccc1S(=O)(=O)N[Si](C)(C)C(C)(C)C. The molecule has 0 unspecified atom stereocenters. The number of ether oxygens (including phenoxy) is 1. The lowest BCUT2D eigenvalue weighted by Crippen LogP contribution is -2.54. The van der Waals surface area contributed by atoms with Crippen LogP contribution in [0, 0.1) is 0 Å². The van der Waals surface area contributed by atoms with E-state index in [1.165, 1.54) is 19.2 Å². The van der Waals surface area contributed by atoms with Crippen LogP contribution in [0.1, 0.15) is 31.1 Å². The third kappa shape index (κ3) is 4.18. The summed E-state index contributed by atoms with van der Waals surface area (Å²) >= 11 is 3.24. The van der Waals surface area contributed by atoms with Crippen molar-refractivity contribution >= 4 is 40.2 Å². The third-order valence-electron chi connectivity index (χ3n) is 3.90. The summed E-state index contributed by atoms with van der Waals surface area (Å²) in [6.07, 6.45) is 0. The smallest absolute Gasteiger partial charge is 0.339 e. The van der Waals surface area contributed by atoms with Gasteiger partial charge in [-0.3, -0.25) is 0 Å². The molecule has 0 atom stereocenters. The minimum Gasteiger partial charge on any atom is -0.465 e. The average molecular weight is 408 g/mol. The normalized spacial score (nSPS) is 13.0. The number of carbonyl (C=O) groups is 1. The summed E-state index contributed by atoms with van der Waals surface area (Å²) in [4.78, 5) is 11.8. The molecule has 0 saturated carbocycles. The molecule has 0 bridgehead atoms. The number of benzene rings is 1. The van der Waals surface area contributed by atoms with Crippen molar-refractivity contribution in [3.63, 3.8) is 0 Å². The van der Waals surface area contributed by atoms with Gasteiger partial charge < -0.3 is 4.74 Å². The molecule has 1 rings (SSSR count). The largest absolute Gasteiger partial charge is 0.465 e. The van der Waals surface area contributed by atoms with Crippen LogP contribution in [0.25, 0.3) is 0 Å². The molecule has 124 valence electrons. The van der Waals surface area contributed by atoms with Gasteiger partial charge in [0, 0.05) is 4.47 Å². The Kier molecular flexibility index (Phi) is 5.65. The first kappa shape index (κ1) is 19.3. The molecule has 0 radical (unpaired) electrons. The molecular formula is C14H22BrNO4SSi. The van der Waals surface area contributed by atoms with E-state index in [-0.39, 0.29) is 15.5 Å². The van der Waals surface area contributed by atoms with Crippen LogP contribution >= 0.6 is 15.9 Å². The molecule has 0 aromatic heterocycles. The van der Waals surface area contributed by atoms with Crippen molar-refractivity contribution < 1.29 is 17.9 Å². The molecule has 1 N–H and O–H groups in total. The lowest BCUT2D eigenvalue weighted by atomic mass is 10.2. The molecule has 0 spiro atoms. The Hall–Kier alpha value is -0.703. The summed E-state index contributed by atoms with van der Waals surface area (Å²) in [5.41, 5.74) is 0.0167. The van der Waals surface area contributed by atoms with Crippen LogP contribution in [-0.2, 0) is 14.8 Å². The van der Waals surface area contributed by atoms with E-state index in [0.29, 0.717) is 4.47 Å². The van der Waals surface area contributed by atoms with Crippen LogP contribution in [0.2, 0.25) is 18.1 Å². The molecule has 5 nitrogen and oxygen atoms in total. The molecule has 1 aromatic rings. The van der Waals surface area contributed by atoms with Crippen LogP contribution in [0.15, 0.2) is 27.6 Å². The van der Waals surface area contributed by atoms with Gasteiger partial charge in [0.2, 0.25) is 10.0 Å². The summed E-state index contributed by atoms with van der Waals surface area (Å²) in [7, 11) is -4.90. The van der Waals surface area contributed by atoms with Gasteiger partial charge in [-0.05, 0) is 23.2 Å². The first-order chi connectivity index (χ1) is 9.82. The maximum atomic E-state index is 12.7. The number of halogens is 1. The maximum Gasteiger partial charge on any atom is 0.339 e.